The highest BCUT2D eigenvalue weighted by molar-refractivity contribution is 5.49. The lowest BCUT2D eigenvalue weighted by Gasteiger charge is -2.26. The maximum atomic E-state index is 9.49. The summed E-state index contributed by atoms with van der Waals surface area (Å²) in [5.41, 5.74) is 6.61. The second kappa shape index (κ2) is 7.14. The van der Waals surface area contributed by atoms with Crippen molar-refractivity contribution in [3.05, 3.63) is 24.3 Å². The van der Waals surface area contributed by atoms with Crippen LogP contribution in [0.15, 0.2) is 24.3 Å². The van der Waals surface area contributed by atoms with Crippen LogP contribution in [0.3, 0.4) is 0 Å². The molecule has 0 aliphatic rings. The lowest BCUT2D eigenvalue weighted by atomic mass is 10.2. The summed E-state index contributed by atoms with van der Waals surface area (Å²) in [5.74, 6) is 0.838. The summed E-state index contributed by atoms with van der Waals surface area (Å²) < 4.78 is 5.12. The van der Waals surface area contributed by atoms with E-state index in [9.17, 15) is 5.11 Å². The van der Waals surface area contributed by atoms with E-state index in [1.54, 1.807) is 14.0 Å². The SMILES string of the molecule is COc1ccc(N(CCCN)CC(C)O)cc1. The highest BCUT2D eigenvalue weighted by Crippen LogP contribution is 2.19. The number of aliphatic hydroxyl groups is 1. The summed E-state index contributed by atoms with van der Waals surface area (Å²) in [7, 11) is 1.65. The van der Waals surface area contributed by atoms with E-state index in [0.717, 1.165) is 24.4 Å². The third-order valence-corrected chi connectivity index (χ3v) is 2.55. The number of anilines is 1. The number of aliphatic hydroxyl groups excluding tert-OH is 1. The van der Waals surface area contributed by atoms with Gasteiger partial charge in [-0.25, -0.2) is 0 Å². The molecule has 0 aliphatic heterocycles. The molecular formula is C13H22N2O2. The summed E-state index contributed by atoms with van der Waals surface area (Å²) in [6.07, 6.45) is 0.563. The summed E-state index contributed by atoms with van der Waals surface area (Å²) in [4.78, 5) is 2.14. The van der Waals surface area contributed by atoms with E-state index in [0.29, 0.717) is 13.1 Å². The van der Waals surface area contributed by atoms with Gasteiger partial charge in [0.1, 0.15) is 5.75 Å². The minimum Gasteiger partial charge on any atom is -0.497 e. The van der Waals surface area contributed by atoms with Crippen LogP contribution in [-0.2, 0) is 0 Å². The Morgan fingerprint density at radius 1 is 1.35 bits per heavy atom. The fourth-order valence-corrected chi connectivity index (χ4v) is 1.72. The van der Waals surface area contributed by atoms with Gasteiger partial charge in [0.05, 0.1) is 13.2 Å². The van der Waals surface area contributed by atoms with Gasteiger partial charge in [-0.15, -0.1) is 0 Å². The molecular weight excluding hydrogens is 216 g/mol. The highest BCUT2D eigenvalue weighted by Gasteiger charge is 2.08. The van der Waals surface area contributed by atoms with E-state index in [2.05, 4.69) is 4.90 Å². The first-order chi connectivity index (χ1) is 8.17. The smallest absolute Gasteiger partial charge is 0.119 e. The molecule has 4 heteroatoms. The number of rotatable bonds is 7. The van der Waals surface area contributed by atoms with Crippen LogP contribution in [0.4, 0.5) is 5.69 Å². The Hall–Kier alpha value is -1.26. The predicted molar refractivity (Wildman–Crippen MR) is 70.6 cm³/mol. The van der Waals surface area contributed by atoms with Crippen molar-refractivity contribution in [2.24, 2.45) is 5.73 Å². The summed E-state index contributed by atoms with van der Waals surface area (Å²) in [5, 5.41) is 9.49. The molecule has 0 radical (unpaired) electrons. The van der Waals surface area contributed by atoms with Gasteiger partial charge in [-0.1, -0.05) is 0 Å². The van der Waals surface area contributed by atoms with E-state index >= 15 is 0 Å². The average Bonchev–Trinajstić information content (AvgIpc) is 2.34. The lowest BCUT2D eigenvalue weighted by Crippen LogP contribution is -2.32. The van der Waals surface area contributed by atoms with Gasteiger partial charge in [0.25, 0.3) is 0 Å². The number of nitrogens with zero attached hydrogens (tertiary/aromatic N) is 1. The number of nitrogens with two attached hydrogens (primary N) is 1. The Morgan fingerprint density at radius 2 is 2.00 bits per heavy atom. The first-order valence-electron chi connectivity index (χ1n) is 5.94. The quantitative estimate of drug-likeness (QED) is 0.750. The number of hydrogen-bond acceptors (Lipinski definition) is 4. The molecule has 0 fully saturated rings. The van der Waals surface area contributed by atoms with E-state index in [4.69, 9.17) is 10.5 Å². The molecule has 4 nitrogen and oxygen atoms in total. The number of benzene rings is 1. The molecule has 0 heterocycles. The van der Waals surface area contributed by atoms with E-state index in [1.165, 1.54) is 0 Å². The molecule has 1 aromatic rings. The van der Waals surface area contributed by atoms with Crippen molar-refractivity contribution in [1.29, 1.82) is 0 Å². The van der Waals surface area contributed by atoms with Crippen LogP contribution in [0, 0.1) is 0 Å². The van der Waals surface area contributed by atoms with Crippen LogP contribution in [0.25, 0.3) is 0 Å². The van der Waals surface area contributed by atoms with Crippen LogP contribution in [0.1, 0.15) is 13.3 Å². The number of ether oxygens (including phenoxy) is 1. The van der Waals surface area contributed by atoms with Gasteiger partial charge in [-0.2, -0.15) is 0 Å². The average molecular weight is 238 g/mol. The third-order valence-electron chi connectivity index (χ3n) is 2.55. The normalized spacial score (nSPS) is 12.2. The fourth-order valence-electron chi connectivity index (χ4n) is 1.72. The largest absolute Gasteiger partial charge is 0.497 e. The Labute approximate surface area is 103 Å². The summed E-state index contributed by atoms with van der Waals surface area (Å²) >= 11 is 0. The van der Waals surface area contributed by atoms with Gasteiger partial charge in [-0.3, -0.25) is 0 Å². The van der Waals surface area contributed by atoms with Crippen LogP contribution in [-0.4, -0.2) is 38.0 Å². The van der Waals surface area contributed by atoms with Crippen LogP contribution in [0.5, 0.6) is 5.75 Å². The van der Waals surface area contributed by atoms with E-state index in [-0.39, 0.29) is 6.10 Å². The summed E-state index contributed by atoms with van der Waals surface area (Å²) in [6.45, 7) is 3.92. The molecule has 1 rings (SSSR count). The molecule has 0 amide bonds. The second-order valence-corrected chi connectivity index (χ2v) is 4.14. The standard InChI is InChI=1S/C13H22N2O2/c1-11(16)10-15(9-3-8-14)12-4-6-13(17-2)7-5-12/h4-7,11,16H,3,8-10,14H2,1-2H3. The van der Waals surface area contributed by atoms with Crippen molar-refractivity contribution in [3.63, 3.8) is 0 Å². The van der Waals surface area contributed by atoms with E-state index in [1.807, 2.05) is 24.3 Å². The molecule has 17 heavy (non-hydrogen) atoms. The van der Waals surface area contributed by atoms with Crippen molar-refractivity contribution in [2.45, 2.75) is 19.4 Å². The number of hydrogen-bond donors (Lipinski definition) is 2. The summed E-state index contributed by atoms with van der Waals surface area (Å²) in [6, 6.07) is 7.84. The zero-order valence-electron chi connectivity index (χ0n) is 10.6. The number of methoxy groups -OCH3 is 1. The molecule has 0 bridgehead atoms. The Morgan fingerprint density at radius 3 is 2.47 bits per heavy atom. The maximum Gasteiger partial charge on any atom is 0.119 e. The monoisotopic (exact) mass is 238 g/mol. The van der Waals surface area contributed by atoms with Crippen LogP contribution >= 0.6 is 0 Å². The van der Waals surface area contributed by atoms with Crippen LogP contribution < -0.4 is 15.4 Å². The van der Waals surface area contributed by atoms with Crippen molar-refractivity contribution in [3.8, 4) is 5.75 Å². The maximum absolute atomic E-state index is 9.49. The molecule has 1 aromatic carbocycles. The molecule has 96 valence electrons. The van der Waals surface area contributed by atoms with Gasteiger partial charge in [0, 0.05) is 18.8 Å². The Balaban J connectivity index is 2.72. The first kappa shape index (κ1) is 13.8. The molecule has 0 aliphatic carbocycles. The minimum atomic E-state index is -0.352. The van der Waals surface area contributed by atoms with E-state index < -0.39 is 0 Å². The van der Waals surface area contributed by atoms with Gasteiger partial charge in [-0.05, 0) is 44.2 Å². The Bertz CT molecular complexity index is 312. The fraction of sp³-hybridized carbons (Fsp3) is 0.538. The van der Waals surface area contributed by atoms with Gasteiger partial charge >= 0.3 is 0 Å². The van der Waals surface area contributed by atoms with Gasteiger partial charge < -0.3 is 20.5 Å². The topological polar surface area (TPSA) is 58.7 Å². The zero-order valence-corrected chi connectivity index (χ0v) is 10.6. The molecule has 0 spiro atoms. The lowest BCUT2D eigenvalue weighted by molar-refractivity contribution is 0.200. The molecule has 1 unspecified atom stereocenters. The zero-order chi connectivity index (χ0) is 12.7. The van der Waals surface area contributed by atoms with Crippen molar-refractivity contribution in [2.75, 3.05) is 31.6 Å². The predicted octanol–water partition coefficient (Wildman–Crippen LogP) is 1.23. The molecule has 3 N–H and O–H groups in total. The molecule has 0 aromatic heterocycles. The molecule has 0 saturated carbocycles. The third kappa shape index (κ3) is 4.63. The van der Waals surface area contributed by atoms with Crippen LogP contribution in [0.2, 0.25) is 0 Å². The highest BCUT2D eigenvalue weighted by atomic mass is 16.5. The first-order valence-corrected chi connectivity index (χ1v) is 5.94. The Kier molecular flexibility index (Phi) is 5.80. The molecule has 1 atom stereocenters. The van der Waals surface area contributed by atoms with Crippen molar-refractivity contribution < 1.29 is 9.84 Å². The van der Waals surface area contributed by atoms with Crippen molar-refractivity contribution >= 4 is 5.69 Å². The second-order valence-electron chi connectivity index (χ2n) is 4.14. The van der Waals surface area contributed by atoms with Crippen molar-refractivity contribution in [1.82, 2.24) is 0 Å². The minimum absolute atomic E-state index is 0.352. The van der Waals surface area contributed by atoms with Gasteiger partial charge in [0.2, 0.25) is 0 Å². The van der Waals surface area contributed by atoms with Gasteiger partial charge in [0.15, 0.2) is 0 Å². The molecule has 0 saturated heterocycles.